The standard InChI is InChI=1S/C8H7BrN2OS/c9-7-6(2-1-3-10-7)8-11-12-4-5-13-8/h1-3H,4-5H2. The molecule has 5 heteroatoms. The number of aromatic nitrogens is 1. The molecule has 0 atom stereocenters. The van der Waals surface area contributed by atoms with Crippen molar-refractivity contribution in [2.75, 3.05) is 12.4 Å². The lowest BCUT2D eigenvalue weighted by Crippen LogP contribution is -2.08. The van der Waals surface area contributed by atoms with Crippen molar-refractivity contribution >= 4 is 32.7 Å². The first-order valence-corrected chi connectivity index (χ1v) is 5.59. The van der Waals surface area contributed by atoms with Crippen LogP contribution < -0.4 is 0 Å². The van der Waals surface area contributed by atoms with E-state index in [1.54, 1.807) is 18.0 Å². The summed E-state index contributed by atoms with van der Waals surface area (Å²) >= 11 is 5.06. The molecule has 2 heterocycles. The van der Waals surface area contributed by atoms with E-state index < -0.39 is 0 Å². The highest BCUT2D eigenvalue weighted by Gasteiger charge is 2.12. The van der Waals surface area contributed by atoms with Crippen molar-refractivity contribution < 1.29 is 4.84 Å². The molecule has 0 aliphatic carbocycles. The van der Waals surface area contributed by atoms with Crippen LogP contribution in [0.5, 0.6) is 0 Å². The Balaban J connectivity index is 2.34. The highest BCUT2D eigenvalue weighted by atomic mass is 79.9. The van der Waals surface area contributed by atoms with Gasteiger partial charge in [-0.1, -0.05) is 16.9 Å². The molecule has 0 radical (unpaired) electrons. The van der Waals surface area contributed by atoms with E-state index in [0.717, 1.165) is 21.0 Å². The molecule has 13 heavy (non-hydrogen) atoms. The number of halogens is 1. The molecule has 1 aromatic heterocycles. The zero-order chi connectivity index (χ0) is 9.10. The average Bonchev–Trinajstić information content (AvgIpc) is 2.20. The SMILES string of the molecule is Brc1ncccc1C1=NOCCS1. The van der Waals surface area contributed by atoms with Gasteiger partial charge in [0, 0.05) is 17.5 Å². The van der Waals surface area contributed by atoms with Crippen LogP contribution in [0.1, 0.15) is 5.56 Å². The Bertz CT molecular complexity index is 343. The van der Waals surface area contributed by atoms with Crippen LogP contribution in [0.2, 0.25) is 0 Å². The summed E-state index contributed by atoms with van der Waals surface area (Å²) < 4.78 is 0.812. The summed E-state index contributed by atoms with van der Waals surface area (Å²) in [6, 6.07) is 3.86. The maximum absolute atomic E-state index is 5.01. The van der Waals surface area contributed by atoms with Crippen molar-refractivity contribution in [2.45, 2.75) is 0 Å². The number of hydrogen-bond donors (Lipinski definition) is 0. The Kier molecular flexibility index (Phi) is 2.85. The van der Waals surface area contributed by atoms with Gasteiger partial charge in [-0.3, -0.25) is 0 Å². The molecule has 0 aromatic carbocycles. The van der Waals surface area contributed by atoms with Crippen molar-refractivity contribution in [1.82, 2.24) is 4.98 Å². The topological polar surface area (TPSA) is 34.5 Å². The van der Waals surface area contributed by atoms with E-state index in [1.165, 1.54) is 0 Å². The largest absolute Gasteiger partial charge is 0.394 e. The second kappa shape index (κ2) is 4.11. The molecule has 0 fully saturated rings. The number of thioether (sulfide) groups is 1. The molecule has 0 N–H and O–H groups in total. The molecule has 1 aliphatic rings. The number of pyridine rings is 1. The fourth-order valence-electron chi connectivity index (χ4n) is 0.979. The van der Waals surface area contributed by atoms with Gasteiger partial charge in [-0.25, -0.2) is 4.98 Å². The summed E-state index contributed by atoms with van der Waals surface area (Å²) in [6.07, 6.45) is 1.74. The summed E-state index contributed by atoms with van der Waals surface area (Å²) in [5.74, 6) is 0.945. The molecule has 0 saturated heterocycles. The maximum Gasteiger partial charge on any atom is 0.146 e. The van der Waals surface area contributed by atoms with Gasteiger partial charge in [-0.2, -0.15) is 0 Å². The average molecular weight is 259 g/mol. The molecule has 0 saturated carbocycles. The molecule has 3 nitrogen and oxygen atoms in total. The van der Waals surface area contributed by atoms with E-state index in [-0.39, 0.29) is 0 Å². The minimum absolute atomic E-state index is 0.687. The molecular weight excluding hydrogens is 252 g/mol. The number of nitrogens with zero attached hydrogens (tertiary/aromatic N) is 2. The highest BCUT2D eigenvalue weighted by Crippen LogP contribution is 2.22. The summed E-state index contributed by atoms with van der Waals surface area (Å²) in [7, 11) is 0. The Morgan fingerprint density at radius 1 is 1.54 bits per heavy atom. The second-order valence-electron chi connectivity index (χ2n) is 2.42. The van der Waals surface area contributed by atoms with E-state index >= 15 is 0 Å². The summed E-state index contributed by atoms with van der Waals surface area (Å²) in [6.45, 7) is 0.687. The van der Waals surface area contributed by atoms with Crippen molar-refractivity contribution in [3.8, 4) is 0 Å². The third-order valence-electron chi connectivity index (χ3n) is 1.55. The van der Waals surface area contributed by atoms with E-state index in [1.807, 2.05) is 12.1 Å². The van der Waals surface area contributed by atoms with Gasteiger partial charge in [0.1, 0.15) is 16.3 Å². The summed E-state index contributed by atoms with van der Waals surface area (Å²) in [5, 5.41) is 4.86. The van der Waals surface area contributed by atoms with Crippen LogP contribution in [0.15, 0.2) is 28.1 Å². The lowest BCUT2D eigenvalue weighted by atomic mass is 10.3. The minimum Gasteiger partial charge on any atom is -0.394 e. The lowest BCUT2D eigenvalue weighted by Gasteiger charge is -2.11. The Morgan fingerprint density at radius 2 is 2.46 bits per heavy atom. The molecule has 1 aromatic rings. The van der Waals surface area contributed by atoms with Gasteiger partial charge in [-0.15, -0.1) is 0 Å². The smallest absolute Gasteiger partial charge is 0.146 e. The monoisotopic (exact) mass is 258 g/mol. The van der Waals surface area contributed by atoms with Crippen LogP contribution in [0, 0.1) is 0 Å². The van der Waals surface area contributed by atoms with Crippen molar-refractivity contribution in [3.63, 3.8) is 0 Å². The molecule has 1 aliphatic heterocycles. The van der Waals surface area contributed by atoms with E-state index in [4.69, 9.17) is 4.84 Å². The zero-order valence-corrected chi connectivity index (χ0v) is 9.14. The van der Waals surface area contributed by atoms with Gasteiger partial charge < -0.3 is 4.84 Å². The van der Waals surface area contributed by atoms with Gasteiger partial charge in [0.05, 0.1) is 0 Å². The number of rotatable bonds is 1. The second-order valence-corrected chi connectivity index (χ2v) is 4.25. The van der Waals surface area contributed by atoms with E-state index in [9.17, 15) is 0 Å². The lowest BCUT2D eigenvalue weighted by molar-refractivity contribution is 0.160. The number of oxime groups is 1. The molecule has 2 rings (SSSR count). The zero-order valence-electron chi connectivity index (χ0n) is 6.74. The molecule has 0 bridgehead atoms. The van der Waals surface area contributed by atoms with Gasteiger partial charge >= 0.3 is 0 Å². The van der Waals surface area contributed by atoms with Crippen LogP contribution in [0.25, 0.3) is 0 Å². The fourth-order valence-corrected chi connectivity index (χ4v) is 2.32. The maximum atomic E-state index is 5.01. The first-order chi connectivity index (χ1) is 6.38. The third kappa shape index (κ3) is 2.03. The molecule has 68 valence electrons. The van der Waals surface area contributed by atoms with Crippen molar-refractivity contribution in [3.05, 3.63) is 28.5 Å². The Labute approximate surface area is 88.7 Å². The summed E-state index contributed by atoms with van der Waals surface area (Å²) in [5.41, 5.74) is 0.993. The van der Waals surface area contributed by atoms with Crippen LogP contribution in [0.4, 0.5) is 0 Å². The molecular formula is C8H7BrN2OS. The van der Waals surface area contributed by atoms with Crippen molar-refractivity contribution in [1.29, 1.82) is 0 Å². The third-order valence-corrected chi connectivity index (χ3v) is 3.12. The Morgan fingerprint density at radius 3 is 3.15 bits per heavy atom. The normalized spacial score (nSPS) is 16.2. The molecule has 0 spiro atoms. The Hall–Kier alpha value is -0.550. The summed E-state index contributed by atoms with van der Waals surface area (Å²) in [4.78, 5) is 9.13. The van der Waals surface area contributed by atoms with Crippen LogP contribution in [-0.2, 0) is 4.84 Å². The van der Waals surface area contributed by atoms with Gasteiger partial charge in [-0.05, 0) is 28.1 Å². The van der Waals surface area contributed by atoms with Gasteiger partial charge in [0.2, 0.25) is 0 Å². The van der Waals surface area contributed by atoms with Crippen LogP contribution >= 0.6 is 27.7 Å². The van der Waals surface area contributed by atoms with Crippen LogP contribution in [0.3, 0.4) is 0 Å². The molecule has 0 amide bonds. The fraction of sp³-hybridized carbons (Fsp3) is 0.250. The molecule has 0 unspecified atom stereocenters. The highest BCUT2D eigenvalue weighted by molar-refractivity contribution is 9.10. The predicted molar refractivity (Wildman–Crippen MR) is 56.9 cm³/mol. The van der Waals surface area contributed by atoms with Crippen molar-refractivity contribution in [2.24, 2.45) is 5.16 Å². The van der Waals surface area contributed by atoms with E-state index in [0.29, 0.717) is 6.61 Å². The van der Waals surface area contributed by atoms with Crippen LogP contribution in [-0.4, -0.2) is 22.4 Å². The number of hydrogen-bond acceptors (Lipinski definition) is 4. The van der Waals surface area contributed by atoms with Gasteiger partial charge in [0.25, 0.3) is 0 Å². The first kappa shape index (κ1) is 9.02. The predicted octanol–water partition coefficient (Wildman–Crippen LogP) is 2.27. The minimum atomic E-state index is 0.687. The quantitative estimate of drug-likeness (QED) is 0.725. The van der Waals surface area contributed by atoms with Gasteiger partial charge in [0.15, 0.2) is 0 Å². The van der Waals surface area contributed by atoms with E-state index in [2.05, 4.69) is 26.1 Å². The first-order valence-electron chi connectivity index (χ1n) is 3.81.